The number of halogens is 1. The van der Waals surface area contributed by atoms with Crippen molar-refractivity contribution >= 4 is 39.7 Å². The summed E-state index contributed by atoms with van der Waals surface area (Å²) in [5, 5.41) is 14.8. The van der Waals surface area contributed by atoms with E-state index in [0.717, 1.165) is 4.47 Å². The van der Waals surface area contributed by atoms with E-state index in [1.165, 1.54) is 18.3 Å². The number of nitro benzene ring substituents is 1. The van der Waals surface area contributed by atoms with Crippen molar-refractivity contribution in [1.82, 2.24) is 5.43 Å². The first-order valence-corrected chi connectivity index (χ1v) is 10.8. The van der Waals surface area contributed by atoms with E-state index < -0.39 is 16.8 Å². The van der Waals surface area contributed by atoms with E-state index in [4.69, 9.17) is 9.47 Å². The largest absolute Gasteiger partial charge is 0.483 e. The molecule has 9 nitrogen and oxygen atoms in total. The van der Waals surface area contributed by atoms with Gasteiger partial charge in [-0.3, -0.25) is 14.9 Å². The van der Waals surface area contributed by atoms with Crippen LogP contribution in [0, 0.1) is 24.0 Å². The monoisotopic (exact) mass is 525 g/mol. The fourth-order valence-corrected chi connectivity index (χ4v) is 3.45. The molecule has 1 amide bonds. The SMILES string of the molecule is Cc1cc([N+](=O)[O-])cc(C)c1OCC(=O)N/N=C/c1cccc(OC(=O)c2cccc(Br)c2)c1. The van der Waals surface area contributed by atoms with Gasteiger partial charge in [-0.15, -0.1) is 0 Å². The van der Waals surface area contributed by atoms with Crippen molar-refractivity contribution in [2.24, 2.45) is 5.10 Å². The van der Waals surface area contributed by atoms with Crippen LogP contribution in [0.15, 0.2) is 70.2 Å². The van der Waals surface area contributed by atoms with Gasteiger partial charge < -0.3 is 9.47 Å². The maximum absolute atomic E-state index is 12.3. The minimum atomic E-state index is -0.509. The number of hydrogen-bond acceptors (Lipinski definition) is 7. The predicted octanol–water partition coefficient (Wildman–Crippen LogP) is 4.72. The standard InChI is InChI=1S/C24H20BrN3O6/c1-15-9-20(28(31)32)10-16(2)23(15)33-14-22(29)27-26-13-17-5-3-8-21(11-17)34-24(30)18-6-4-7-19(25)12-18/h3-13H,14H2,1-2H3,(H,27,29)/b26-13+. The normalized spacial score (nSPS) is 10.7. The molecular weight excluding hydrogens is 506 g/mol. The summed E-state index contributed by atoms with van der Waals surface area (Å²) in [5.41, 5.74) is 4.41. The Kier molecular flexibility index (Phi) is 8.10. The van der Waals surface area contributed by atoms with Gasteiger partial charge in [0, 0.05) is 16.6 Å². The van der Waals surface area contributed by atoms with E-state index in [1.807, 2.05) is 0 Å². The van der Waals surface area contributed by atoms with Crippen LogP contribution in [0.1, 0.15) is 27.0 Å². The molecule has 3 rings (SSSR count). The van der Waals surface area contributed by atoms with E-state index >= 15 is 0 Å². The predicted molar refractivity (Wildman–Crippen MR) is 129 cm³/mol. The molecule has 1 N–H and O–H groups in total. The van der Waals surface area contributed by atoms with Crippen molar-refractivity contribution in [3.8, 4) is 11.5 Å². The Bertz CT molecular complexity index is 1250. The molecule has 0 saturated heterocycles. The minimum Gasteiger partial charge on any atom is -0.483 e. The quantitative estimate of drug-likeness (QED) is 0.149. The molecule has 174 valence electrons. The third-order valence-corrected chi connectivity index (χ3v) is 5.03. The first-order valence-electron chi connectivity index (χ1n) is 10.0. The van der Waals surface area contributed by atoms with Crippen LogP contribution >= 0.6 is 15.9 Å². The zero-order chi connectivity index (χ0) is 24.7. The third kappa shape index (κ3) is 6.72. The lowest BCUT2D eigenvalue weighted by molar-refractivity contribution is -0.385. The summed E-state index contributed by atoms with van der Waals surface area (Å²) >= 11 is 3.31. The molecule has 0 unspecified atom stereocenters. The van der Waals surface area contributed by atoms with Gasteiger partial charge in [-0.1, -0.05) is 34.1 Å². The number of rotatable bonds is 8. The molecule has 0 saturated carbocycles. The van der Waals surface area contributed by atoms with Crippen LogP contribution in [0.4, 0.5) is 5.69 Å². The molecule has 3 aromatic carbocycles. The number of amides is 1. The van der Waals surface area contributed by atoms with Gasteiger partial charge in [0.1, 0.15) is 11.5 Å². The Labute approximate surface area is 203 Å². The van der Waals surface area contributed by atoms with E-state index in [1.54, 1.807) is 62.4 Å². The number of hydrogen-bond donors (Lipinski definition) is 1. The molecule has 0 radical (unpaired) electrons. The average molecular weight is 526 g/mol. The van der Waals surface area contributed by atoms with Gasteiger partial charge in [0.05, 0.1) is 16.7 Å². The summed E-state index contributed by atoms with van der Waals surface area (Å²) in [6.07, 6.45) is 1.40. The van der Waals surface area contributed by atoms with Crippen LogP contribution in [0.2, 0.25) is 0 Å². The lowest BCUT2D eigenvalue weighted by Crippen LogP contribution is -2.25. The highest BCUT2D eigenvalue weighted by atomic mass is 79.9. The second kappa shape index (κ2) is 11.2. The van der Waals surface area contributed by atoms with Gasteiger partial charge in [0.2, 0.25) is 0 Å². The second-order valence-electron chi connectivity index (χ2n) is 7.22. The zero-order valence-electron chi connectivity index (χ0n) is 18.3. The van der Waals surface area contributed by atoms with Gasteiger partial charge in [-0.2, -0.15) is 5.10 Å². The van der Waals surface area contributed by atoms with E-state index in [9.17, 15) is 19.7 Å². The molecule has 0 aliphatic carbocycles. The number of esters is 1. The maximum Gasteiger partial charge on any atom is 0.343 e. The van der Waals surface area contributed by atoms with Crippen LogP contribution in [-0.4, -0.2) is 29.6 Å². The fraction of sp³-hybridized carbons (Fsp3) is 0.125. The third-order valence-electron chi connectivity index (χ3n) is 4.54. The van der Waals surface area contributed by atoms with Gasteiger partial charge in [-0.25, -0.2) is 10.2 Å². The molecule has 0 aromatic heterocycles. The highest BCUT2D eigenvalue weighted by Crippen LogP contribution is 2.28. The highest BCUT2D eigenvalue weighted by Gasteiger charge is 2.14. The number of hydrazone groups is 1. The molecule has 34 heavy (non-hydrogen) atoms. The topological polar surface area (TPSA) is 120 Å². The number of carbonyl (C=O) groups excluding carboxylic acids is 2. The van der Waals surface area contributed by atoms with Crippen LogP contribution in [0.3, 0.4) is 0 Å². The molecule has 0 bridgehead atoms. The number of nitrogens with one attached hydrogen (secondary N) is 1. The Morgan fingerprint density at radius 2 is 1.79 bits per heavy atom. The van der Waals surface area contributed by atoms with Crippen LogP contribution in [0.25, 0.3) is 0 Å². The number of nitrogens with zero attached hydrogens (tertiary/aromatic N) is 2. The molecule has 10 heteroatoms. The molecule has 0 spiro atoms. The van der Waals surface area contributed by atoms with E-state index in [2.05, 4.69) is 26.5 Å². The summed E-state index contributed by atoms with van der Waals surface area (Å²) in [6, 6.07) is 16.3. The van der Waals surface area contributed by atoms with Crippen LogP contribution in [-0.2, 0) is 4.79 Å². The first-order chi connectivity index (χ1) is 16.2. The van der Waals surface area contributed by atoms with Crippen LogP contribution in [0.5, 0.6) is 11.5 Å². The Balaban J connectivity index is 1.55. The van der Waals surface area contributed by atoms with Crippen molar-refractivity contribution in [2.75, 3.05) is 6.61 Å². The Morgan fingerprint density at radius 1 is 1.09 bits per heavy atom. The van der Waals surface area contributed by atoms with Gasteiger partial charge in [0.25, 0.3) is 11.6 Å². The number of non-ortho nitro benzene ring substituents is 1. The number of benzene rings is 3. The molecule has 0 aliphatic rings. The number of carbonyl (C=O) groups is 2. The summed E-state index contributed by atoms with van der Waals surface area (Å²) in [4.78, 5) is 34.8. The van der Waals surface area contributed by atoms with E-state index in [0.29, 0.717) is 33.8 Å². The lowest BCUT2D eigenvalue weighted by Gasteiger charge is -2.11. The summed E-state index contributed by atoms with van der Waals surface area (Å²) in [5.74, 6) is -0.277. The smallest absolute Gasteiger partial charge is 0.343 e. The van der Waals surface area contributed by atoms with Crippen LogP contribution < -0.4 is 14.9 Å². The number of ether oxygens (including phenoxy) is 2. The van der Waals surface area contributed by atoms with Gasteiger partial charge in [-0.05, 0) is 60.9 Å². The van der Waals surface area contributed by atoms with Crippen molar-refractivity contribution in [3.63, 3.8) is 0 Å². The van der Waals surface area contributed by atoms with Crippen molar-refractivity contribution in [1.29, 1.82) is 0 Å². The molecule has 3 aromatic rings. The molecular formula is C24H20BrN3O6. The Hall–Kier alpha value is -4.05. The van der Waals surface area contributed by atoms with Crippen molar-refractivity contribution < 1.29 is 24.0 Å². The Morgan fingerprint density at radius 3 is 2.47 bits per heavy atom. The maximum atomic E-state index is 12.3. The van der Waals surface area contributed by atoms with Crippen molar-refractivity contribution in [3.05, 3.63) is 97.5 Å². The second-order valence-corrected chi connectivity index (χ2v) is 8.14. The zero-order valence-corrected chi connectivity index (χ0v) is 19.9. The van der Waals surface area contributed by atoms with Crippen molar-refractivity contribution in [2.45, 2.75) is 13.8 Å². The van der Waals surface area contributed by atoms with Gasteiger partial charge in [0.15, 0.2) is 6.61 Å². The van der Waals surface area contributed by atoms with E-state index in [-0.39, 0.29) is 12.3 Å². The minimum absolute atomic E-state index is 0.0408. The highest BCUT2D eigenvalue weighted by molar-refractivity contribution is 9.10. The number of nitro groups is 1. The number of aryl methyl sites for hydroxylation is 2. The summed E-state index contributed by atoms with van der Waals surface area (Å²) in [6.45, 7) is 3.02. The molecule has 0 aliphatic heterocycles. The first kappa shape index (κ1) is 24.6. The molecule has 0 atom stereocenters. The summed E-state index contributed by atoms with van der Waals surface area (Å²) in [7, 11) is 0. The van der Waals surface area contributed by atoms with Gasteiger partial charge >= 0.3 is 5.97 Å². The molecule has 0 fully saturated rings. The molecule has 0 heterocycles. The fourth-order valence-electron chi connectivity index (χ4n) is 3.05. The lowest BCUT2D eigenvalue weighted by atomic mass is 10.1. The average Bonchev–Trinajstić information content (AvgIpc) is 2.78. The summed E-state index contributed by atoms with van der Waals surface area (Å²) < 4.78 is 11.7.